The van der Waals surface area contributed by atoms with Crippen molar-refractivity contribution in [2.75, 3.05) is 19.0 Å². The molecule has 2 rings (SSSR count). The summed E-state index contributed by atoms with van der Waals surface area (Å²) in [4.78, 5) is 2.06. The van der Waals surface area contributed by atoms with Gasteiger partial charge in [0.25, 0.3) is 0 Å². The van der Waals surface area contributed by atoms with Crippen LogP contribution in [0.5, 0.6) is 0 Å². The van der Waals surface area contributed by atoms with Gasteiger partial charge < -0.3 is 4.90 Å². The van der Waals surface area contributed by atoms with E-state index in [1.54, 1.807) is 0 Å². The highest BCUT2D eigenvalue weighted by molar-refractivity contribution is 6.31. The molecule has 0 amide bonds. The highest BCUT2D eigenvalue weighted by atomic mass is 35.5. The van der Waals surface area contributed by atoms with Crippen LogP contribution in [0.3, 0.4) is 0 Å². The lowest BCUT2D eigenvalue weighted by atomic mass is 9.98. The van der Waals surface area contributed by atoms with Crippen molar-refractivity contribution in [1.82, 2.24) is 5.43 Å². The van der Waals surface area contributed by atoms with E-state index in [1.165, 1.54) is 0 Å². The maximum Gasteiger partial charge on any atom is 0.0725 e. The second-order valence-electron chi connectivity index (χ2n) is 4.61. The van der Waals surface area contributed by atoms with E-state index in [4.69, 9.17) is 17.4 Å². The molecule has 0 radical (unpaired) electrons. The molecular weight excluding hydrogens is 258 g/mol. The van der Waals surface area contributed by atoms with Crippen LogP contribution >= 0.6 is 11.6 Å². The molecule has 100 valence electrons. The molecule has 2 aromatic rings. The van der Waals surface area contributed by atoms with Crippen molar-refractivity contribution in [1.29, 1.82) is 0 Å². The van der Waals surface area contributed by atoms with Crippen LogP contribution in [0.1, 0.15) is 17.2 Å². The van der Waals surface area contributed by atoms with Gasteiger partial charge in [-0.2, -0.15) is 0 Å². The molecule has 1 atom stereocenters. The van der Waals surface area contributed by atoms with Crippen LogP contribution in [0, 0.1) is 0 Å². The van der Waals surface area contributed by atoms with E-state index < -0.39 is 0 Å². The van der Waals surface area contributed by atoms with Crippen LogP contribution < -0.4 is 16.2 Å². The number of rotatable bonds is 4. The Bertz CT molecular complexity index is 555. The Hall–Kier alpha value is -1.55. The predicted molar refractivity (Wildman–Crippen MR) is 81.4 cm³/mol. The molecular formula is C15H18ClN3. The molecule has 0 bridgehead atoms. The number of benzene rings is 2. The number of nitrogens with one attached hydrogen (secondary N) is 1. The fourth-order valence-electron chi connectivity index (χ4n) is 2.06. The Morgan fingerprint density at radius 3 is 2.47 bits per heavy atom. The third-order valence-corrected chi connectivity index (χ3v) is 3.45. The lowest BCUT2D eigenvalue weighted by Crippen LogP contribution is -2.29. The number of nitrogens with two attached hydrogens (primary N) is 1. The smallest absolute Gasteiger partial charge is 0.0725 e. The van der Waals surface area contributed by atoms with Gasteiger partial charge in [-0.3, -0.25) is 5.84 Å². The average molecular weight is 276 g/mol. The molecule has 19 heavy (non-hydrogen) atoms. The van der Waals surface area contributed by atoms with Gasteiger partial charge in [-0.25, -0.2) is 5.43 Å². The van der Waals surface area contributed by atoms with E-state index in [2.05, 4.69) is 22.5 Å². The van der Waals surface area contributed by atoms with E-state index >= 15 is 0 Å². The number of nitrogens with zero attached hydrogens (tertiary/aromatic N) is 1. The maximum absolute atomic E-state index is 6.24. The molecule has 4 heteroatoms. The molecule has 1 unspecified atom stereocenters. The first-order valence-corrected chi connectivity index (χ1v) is 6.49. The fourth-order valence-corrected chi connectivity index (χ4v) is 2.30. The van der Waals surface area contributed by atoms with Gasteiger partial charge >= 0.3 is 0 Å². The second-order valence-corrected chi connectivity index (χ2v) is 5.02. The van der Waals surface area contributed by atoms with Crippen LogP contribution in [0.2, 0.25) is 5.02 Å². The van der Waals surface area contributed by atoms with Crippen molar-refractivity contribution in [3.63, 3.8) is 0 Å². The van der Waals surface area contributed by atoms with Gasteiger partial charge in [0.1, 0.15) is 0 Å². The molecule has 0 heterocycles. The number of hydrogen-bond acceptors (Lipinski definition) is 3. The summed E-state index contributed by atoms with van der Waals surface area (Å²) in [5.74, 6) is 5.71. The van der Waals surface area contributed by atoms with Gasteiger partial charge in [0.05, 0.1) is 6.04 Å². The zero-order chi connectivity index (χ0) is 13.8. The summed E-state index contributed by atoms with van der Waals surface area (Å²) in [7, 11) is 4.03. The van der Waals surface area contributed by atoms with Crippen molar-refractivity contribution in [3.05, 3.63) is 64.7 Å². The van der Waals surface area contributed by atoms with Crippen molar-refractivity contribution < 1.29 is 0 Å². The molecule has 0 aliphatic carbocycles. The third kappa shape index (κ3) is 3.07. The summed E-state index contributed by atoms with van der Waals surface area (Å²) < 4.78 is 0. The Labute approximate surface area is 119 Å². The van der Waals surface area contributed by atoms with Crippen molar-refractivity contribution >= 4 is 17.3 Å². The minimum absolute atomic E-state index is 0.117. The molecule has 0 aliphatic rings. The first-order valence-electron chi connectivity index (χ1n) is 6.11. The number of anilines is 1. The zero-order valence-corrected chi connectivity index (χ0v) is 11.9. The summed E-state index contributed by atoms with van der Waals surface area (Å²) in [6, 6.07) is 15.8. The Kier molecular flexibility index (Phi) is 4.43. The van der Waals surface area contributed by atoms with Crippen LogP contribution in [0.25, 0.3) is 0 Å². The third-order valence-electron chi connectivity index (χ3n) is 3.10. The van der Waals surface area contributed by atoms with E-state index in [-0.39, 0.29) is 6.04 Å². The first kappa shape index (κ1) is 13.9. The SMILES string of the molecule is CN(C)c1cccc(C(NN)c2ccccc2Cl)c1. The number of halogens is 1. The minimum atomic E-state index is -0.117. The minimum Gasteiger partial charge on any atom is -0.378 e. The maximum atomic E-state index is 6.24. The summed E-state index contributed by atoms with van der Waals surface area (Å²) in [6.45, 7) is 0. The van der Waals surface area contributed by atoms with Crippen molar-refractivity contribution in [2.45, 2.75) is 6.04 Å². The Balaban J connectivity index is 2.43. The van der Waals surface area contributed by atoms with Gasteiger partial charge in [0.15, 0.2) is 0 Å². The monoisotopic (exact) mass is 275 g/mol. The lowest BCUT2D eigenvalue weighted by molar-refractivity contribution is 0.637. The van der Waals surface area contributed by atoms with Crippen LogP contribution in [0.4, 0.5) is 5.69 Å². The van der Waals surface area contributed by atoms with Gasteiger partial charge in [-0.05, 0) is 29.3 Å². The van der Waals surface area contributed by atoms with E-state index in [1.807, 2.05) is 50.5 Å². The zero-order valence-electron chi connectivity index (χ0n) is 11.1. The molecule has 0 spiro atoms. The van der Waals surface area contributed by atoms with Crippen molar-refractivity contribution in [2.24, 2.45) is 5.84 Å². The summed E-state index contributed by atoms with van der Waals surface area (Å²) in [5, 5.41) is 0.709. The standard InChI is InChI=1S/C15H18ClN3/c1-19(2)12-7-5-6-11(10-12)15(18-17)13-8-3-4-9-14(13)16/h3-10,15,18H,17H2,1-2H3. The summed E-state index contributed by atoms with van der Waals surface area (Å²) in [6.07, 6.45) is 0. The van der Waals surface area contributed by atoms with Gasteiger partial charge in [0, 0.05) is 24.8 Å². The highest BCUT2D eigenvalue weighted by Gasteiger charge is 2.15. The van der Waals surface area contributed by atoms with Crippen LogP contribution in [-0.4, -0.2) is 14.1 Å². The summed E-state index contributed by atoms with van der Waals surface area (Å²) in [5.41, 5.74) is 6.03. The Morgan fingerprint density at radius 2 is 1.84 bits per heavy atom. The normalized spacial score (nSPS) is 12.2. The molecule has 2 aromatic carbocycles. The lowest BCUT2D eigenvalue weighted by Gasteiger charge is -2.20. The molecule has 0 aliphatic heterocycles. The predicted octanol–water partition coefficient (Wildman–Crippen LogP) is 2.96. The molecule has 0 saturated heterocycles. The highest BCUT2D eigenvalue weighted by Crippen LogP contribution is 2.29. The average Bonchev–Trinajstić information content (AvgIpc) is 2.42. The van der Waals surface area contributed by atoms with Crippen LogP contribution in [0.15, 0.2) is 48.5 Å². The largest absolute Gasteiger partial charge is 0.378 e. The second kappa shape index (κ2) is 6.06. The number of hydrazine groups is 1. The first-order chi connectivity index (χ1) is 9.13. The van der Waals surface area contributed by atoms with Gasteiger partial charge in [-0.15, -0.1) is 0 Å². The molecule has 0 aromatic heterocycles. The molecule has 0 fully saturated rings. The van der Waals surface area contributed by atoms with Crippen LogP contribution in [-0.2, 0) is 0 Å². The molecule has 3 N–H and O–H groups in total. The van der Waals surface area contributed by atoms with Gasteiger partial charge in [0.2, 0.25) is 0 Å². The fraction of sp³-hybridized carbons (Fsp3) is 0.200. The Morgan fingerprint density at radius 1 is 1.11 bits per heavy atom. The van der Waals surface area contributed by atoms with E-state index in [0.717, 1.165) is 16.8 Å². The molecule has 0 saturated carbocycles. The molecule has 3 nitrogen and oxygen atoms in total. The van der Waals surface area contributed by atoms with Crippen molar-refractivity contribution in [3.8, 4) is 0 Å². The van der Waals surface area contributed by atoms with E-state index in [0.29, 0.717) is 5.02 Å². The topological polar surface area (TPSA) is 41.3 Å². The summed E-state index contributed by atoms with van der Waals surface area (Å²) >= 11 is 6.24. The van der Waals surface area contributed by atoms with Gasteiger partial charge in [-0.1, -0.05) is 41.9 Å². The quantitative estimate of drug-likeness (QED) is 0.666. The number of hydrogen-bond donors (Lipinski definition) is 2. The van der Waals surface area contributed by atoms with E-state index in [9.17, 15) is 0 Å².